The Morgan fingerprint density at radius 1 is 0.848 bits per heavy atom. The number of amides is 2. The second kappa shape index (κ2) is 18.2. The van der Waals surface area contributed by atoms with E-state index in [0.717, 1.165) is 0 Å². The van der Waals surface area contributed by atoms with Crippen LogP contribution >= 0.6 is 0 Å². The molecule has 0 rings (SSSR count). The van der Waals surface area contributed by atoms with Crippen molar-refractivity contribution >= 4 is 28.6 Å². The molecule has 0 radical (unpaired) electrons. The Hall–Kier alpha value is -1.73. The third-order valence-corrected chi connectivity index (χ3v) is 19.2. The smallest absolute Gasteiger partial charge is 0.404 e. The van der Waals surface area contributed by atoms with Gasteiger partial charge in [-0.25, -0.2) is 4.79 Å². The van der Waals surface area contributed by atoms with E-state index in [0.29, 0.717) is 6.54 Å². The van der Waals surface area contributed by atoms with Crippen molar-refractivity contribution in [3.63, 3.8) is 0 Å². The van der Waals surface area contributed by atoms with Crippen LogP contribution in [0.5, 0.6) is 0 Å². The zero-order valence-corrected chi connectivity index (χ0v) is 34.1. The van der Waals surface area contributed by atoms with E-state index in [1.807, 2.05) is 46.0 Å². The van der Waals surface area contributed by atoms with Crippen LogP contribution in [-0.2, 0) is 18.4 Å². The molecule has 46 heavy (non-hydrogen) atoms. The highest BCUT2D eigenvalue weighted by atomic mass is 28.4. The number of rotatable bonds is 18. The molecule has 0 fully saturated rings. The summed E-state index contributed by atoms with van der Waals surface area (Å²) >= 11 is 0. The predicted octanol–water partition coefficient (Wildman–Crippen LogP) is 8.16. The van der Waals surface area contributed by atoms with Gasteiger partial charge in [0.15, 0.2) is 16.6 Å². The van der Waals surface area contributed by atoms with Crippen molar-refractivity contribution in [2.75, 3.05) is 20.2 Å². The van der Waals surface area contributed by atoms with E-state index in [9.17, 15) is 14.7 Å². The van der Waals surface area contributed by atoms with Crippen molar-refractivity contribution in [3.05, 3.63) is 37.0 Å². The number of hydrogen-bond donors (Lipinski definition) is 2. The lowest BCUT2D eigenvalue weighted by atomic mass is 9.83. The summed E-state index contributed by atoms with van der Waals surface area (Å²) in [4.78, 5) is 28.1. The molecule has 0 aromatic heterocycles. The quantitative estimate of drug-likeness (QED) is 0.0858. The molecule has 0 aliphatic carbocycles. The average molecular weight is 683 g/mol. The molecule has 0 aromatic rings. The summed E-state index contributed by atoms with van der Waals surface area (Å²) in [7, 11) is -2.66. The minimum absolute atomic E-state index is 0.0146. The van der Waals surface area contributed by atoms with Crippen molar-refractivity contribution in [2.45, 2.75) is 131 Å². The maximum Gasteiger partial charge on any atom is 0.404 e. The van der Waals surface area contributed by atoms with Crippen LogP contribution < -0.4 is 5.73 Å². The summed E-state index contributed by atoms with van der Waals surface area (Å²) in [6.07, 6.45) is 7.06. The molecule has 10 heteroatoms. The van der Waals surface area contributed by atoms with Gasteiger partial charge in [0.25, 0.3) is 0 Å². The van der Waals surface area contributed by atoms with E-state index in [1.54, 1.807) is 17.1 Å². The van der Waals surface area contributed by atoms with Gasteiger partial charge in [-0.2, -0.15) is 0 Å². The summed E-state index contributed by atoms with van der Waals surface area (Å²) in [5.74, 6) is -1.03. The molecular formula is C36H70N2O6Si2. The molecule has 0 spiro atoms. The highest BCUT2D eigenvalue weighted by Crippen LogP contribution is 2.41. The van der Waals surface area contributed by atoms with Crippen molar-refractivity contribution in [1.82, 2.24) is 4.90 Å². The Bertz CT molecular complexity index is 1030. The number of carbonyl (C=O) groups is 2. The zero-order valence-electron chi connectivity index (χ0n) is 32.1. The van der Waals surface area contributed by atoms with Gasteiger partial charge in [0, 0.05) is 25.4 Å². The summed E-state index contributed by atoms with van der Waals surface area (Å²) in [5, 5.41) is 9.36. The first-order valence-corrected chi connectivity index (χ1v) is 22.7. The molecule has 0 aliphatic rings. The van der Waals surface area contributed by atoms with E-state index in [-0.39, 0.29) is 52.4 Å². The average Bonchev–Trinajstić information content (AvgIpc) is 2.92. The number of allylic oxidation sites excluding steroid dienone is 2. The second-order valence-electron chi connectivity index (χ2n) is 16.4. The molecule has 0 saturated carbocycles. The van der Waals surface area contributed by atoms with Crippen LogP contribution in [0.25, 0.3) is 0 Å². The van der Waals surface area contributed by atoms with Gasteiger partial charge in [0.05, 0.1) is 24.7 Å². The highest BCUT2D eigenvalue weighted by molar-refractivity contribution is 6.74. The molecule has 0 aliphatic heterocycles. The number of ether oxygens (including phenoxy) is 1. The number of primary amides is 1. The number of aliphatic hydroxyl groups excluding tert-OH is 1. The topological polar surface area (TPSA) is 111 Å². The van der Waals surface area contributed by atoms with E-state index in [1.165, 1.54) is 0 Å². The molecule has 8 nitrogen and oxygen atoms in total. The number of nitrogens with zero attached hydrogens (tertiary/aromatic N) is 1. The molecule has 8 atom stereocenters. The van der Waals surface area contributed by atoms with Crippen LogP contribution in [0.1, 0.15) is 76.2 Å². The Morgan fingerprint density at radius 2 is 1.30 bits per heavy atom. The van der Waals surface area contributed by atoms with Crippen molar-refractivity contribution < 1.29 is 28.3 Å². The minimum Gasteiger partial charge on any atom is -0.445 e. The van der Waals surface area contributed by atoms with Gasteiger partial charge in [-0.15, -0.1) is 0 Å². The molecule has 0 saturated heterocycles. The van der Waals surface area contributed by atoms with Crippen molar-refractivity contribution in [1.29, 1.82) is 0 Å². The normalized spacial score (nSPS) is 18.8. The summed E-state index contributed by atoms with van der Waals surface area (Å²) in [5.41, 5.74) is 5.55. The standard InChI is InChI=1S/C36H70N2O6Si2/c1-18-19-21-26(3)31(42-34(37)41)28(5)32(44-46(16,17)36(10,11)12)29(6)33(40)38(13)24-27(4)30(25(2)22-20-23-39)43-45(14,15)35(7,8)9/h18-22,25-32,39H,1,23-24H2,2-17H3,(H2,37,41)/b21-19-,22-20-/t25-,26-,27-,28+,29+,30-,31-,32-/m0/s1. The molecule has 0 bridgehead atoms. The van der Waals surface area contributed by atoms with Crippen LogP contribution in [0.4, 0.5) is 4.79 Å². The molecule has 3 N–H and O–H groups in total. The van der Waals surface area contributed by atoms with E-state index in [4.69, 9.17) is 19.3 Å². The van der Waals surface area contributed by atoms with E-state index >= 15 is 0 Å². The van der Waals surface area contributed by atoms with Gasteiger partial charge in [-0.05, 0) is 48.1 Å². The van der Waals surface area contributed by atoms with Crippen LogP contribution in [0, 0.1) is 29.6 Å². The first-order valence-electron chi connectivity index (χ1n) is 16.9. The van der Waals surface area contributed by atoms with Crippen molar-refractivity contribution in [3.8, 4) is 0 Å². The molecule has 0 heterocycles. The zero-order chi connectivity index (χ0) is 36.4. The molecule has 268 valence electrons. The van der Waals surface area contributed by atoms with E-state index in [2.05, 4.69) is 88.2 Å². The largest absolute Gasteiger partial charge is 0.445 e. The highest BCUT2D eigenvalue weighted by Gasteiger charge is 2.46. The lowest BCUT2D eigenvalue weighted by Crippen LogP contribution is -2.54. The van der Waals surface area contributed by atoms with Crippen LogP contribution in [0.2, 0.25) is 36.3 Å². The lowest BCUT2D eigenvalue weighted by Gasteiger charge is -2.45. The first kappa shape index (κ1) is 44.3. The number of nitrogens with two attached hydrogens (primary N) is 1. The summed E-state index contributed by atoms with van der Waals surface area (Å²) in [6, 6.07) is 0. The van der Waals surface area contributed by atoms with Crippen molar-refractivity contribution in [2.24, 2.45) is 35.3 Å². The third kappa shape index (κ3) is 13.1. The Balaban J connectivity index is 6.59. The Morgan fingerprint density at radius 3 is 1.72 bits per heavy atom. The molecule has 0 unspecified atom stereocenters. The van der Waals surface area contributed by atoms with Crippen LogP contribution in [0.15, 0.2) is 37.0 Å². The van der Waals surface area contributed by atoms with Gasteiger partial charge < -0.3 is 29.3 Å². The van der Waals surface area contributed by atoms with Gasteiger partial charge in [0.1, 0.15) is 6.10 Å². The van der Waals surface area contributed by atoms with Gasteiger partial charge >= 0.3 is 6.09 Å². The fourth-order valence-corrected chi connectivity index (χ4v) is 8.25. The van der Waals surface area contributed by atoms with E-state index < -0.39 is 40.9 Å². The monoisotopic (exact) mass is 682 g/mol. The lowest BCUT2D eigenvalue weighted by molar-refractivity contribution is -0.140. The second-order valence-corrected chi connectivity index (χ2v) is 25.9. The maximum absolute atomic E-state index is 14.3. The van der Waals surface area contributed by atoms with Gasteiger partial charge in [-0.1, -0.05) is 113 Å². The van der Waals surface area contributed by atoms with Gasteiger partial charge in [-0.3, -0.25) is 4.79 Å². The van der Waals surface area contributed by atoms with Crippen LogP contribution in [-0.4, -0.2) is 77.2 Å². The molecule has 2 amide bonds. The fraction of sp³-hybridized carbons (Fsp3) is 0.778. The number of carbonyl (C=O) groups excluding carboxylic acids is 2. The van der Waals surface area contributed by atoms with Gasteiger partial charge in [0.2, 0.25) is 5.91 Å². The Kier molecular flexibility index (Phi) is 17.5. The summed E-state index contributed by atoms with van der Waals surface area (Å²) in [6.45, 7) is 36.3. The summed E-state index contributed by atoms with van der Waals surface area (Å²) < 4.78 is 19.7. The molecular weight excluding hydrogens is 613 g/mol. The maximum atomic E-state index is 14.3. The number of hydrogen-bond acceptors (Lipinski definition) is 6. The fourth-order valence-electron chi connectivity index (χ4n) is 5.32. The van der Waals surface area contributed by atoms with Crippen LogP contribution in [0.3, 0.4) is 0 Å². The Labute approximate surface area is 284 Å². The predicted molar refractivity (Wildman–Crippen MR) is 198 cm³/mol. The minimum atomic E-state index is -2.36. The third-order valence-electron chi connectivity index (χ3n) is 10.3. The number of aliphatic hydroxyl groups is 1. The molecule has 0 aromatic carbocycles. The SMILES string of the molecule is C=C/C=C\[C@H](C)[C@H](OC(N)=O)[C@@H](C)[C@H](O[Si](C)(C)C(C)(C)C)[C@@H](C)C(=O)N(C)C[C@H](C)[C@@H](O[Si](C)(C)C(C)(C)C)[C@@H](C)/C=C\CO. The first-order chi connectivity index (χ1) is 20.8.